The molecule has 0 spiro atoms. The molecule has 40 heavy (non-hydrogen) atoms. The van der Waals surface area contributed by atoms with Gasteiger partial charge in [-0.3, -0.25) is 0 Å². The molecule has 0 heterocycles. The summed E-state index contributed by atoms with van der Waals surface area (Å²) >= 11 is 0. The van der Waals surface area contributed by atoms with Crippen molar-refractivity contribution in [3.63, 3.8) is 0 Å². The zero-order valence-electron chi connectivity index (χ0n) is 23.6. The summed E-state index contributed by atoms with van der Waals surface area (Å²) in [5.41, 5.74) is 8.70. The van der Waals surface area contributed by atoms with E-state index in [9.17, 15) is 0 Å². The maximum absolute atomic E-state index is 3.65. The molecule has 1 saturated carbocycles. The molecule has 0 nitrogen and oxygen atoms in total. The molecular weight excluding hydrogens is 518 g/mol. The van der Waals surface area contributed by atoms with E-state index in [4.69, 9.17) is 0 Å². The highest BCUT2D eigenvalue weighted by atomic mass is 32.1. The average Bonchev–Trinajstić information content (AvgIpc) is 3.02. The van der Waals surface area contributed by atoms with Crippen molar-refractivity contribution in [3.8, 4) is 22.3 Å². The zero-order valence-corrected chi connectivity index (χ0v) is 25.3. The van der Waals surface area contributed by atoms with E-state index < -0.39 is 15.2 Å². The van der Waals surface area contributed by atoms with Crippen molar-refractivity contribution < 1.29 is 0 Å². The van der Waals surface area contributed by atoms with Gasteiger partial charge in [0.2, 0.25) is 0 Å². The van der Waals surface area contributed by atoms with Crippen LogP contribution in [0, 0.1) is 19.9 Å². The quantitative estimate of drug-likeness (QED) is 0.175. The standard InChI is InChI=1S/C38H37P2/c1-29-15-12-13-23-36(29)38-30(2)16-14-24-37(38)40(34-21-10-5-11-22-34)39(33-19-8-4-9-20-33)35-27-25-32(26-28-35)31-17-6-3-7-18-31/h3-4,6-9,12-20,24-28,34H,5,10-11,21-22H2,1-2H3/t39-,40+/m1/s1. The smallest absolute Gasteiger partial charge is 0.00649 e. The van der Waals surface area contributed by atoms with E-state index in [1.54, 1.807) is 5.30 Å². The largest absolute Gasteiger partial charge is 0.0622 e. The summed E-state index contributed by atoms with van der Waals surface area (Å²) in [6, 6.07) is 49.0. The number of hydrogen-bond acceptors (Lipinski definition) is 0. The predicted octanol–water partition coefficient (Wildman–Crippen LogP) is 9.93. The Labute approximate surface area is 242 Å². The van der Waals surface area contributed by atoms with Crippen LogP contribution in [0.15, 0.2) is 121 Å². The lowest BCUT2D eigenvalue weighted by atomic mass is 9.97. The van der Waals surface area contributed by atoms with Gasteiger partial charge in [-0.25, -0.2) is 0 Å². The topological polar surface area (TPSA) is 0 Å². The van der Waals surface area contributed by atoms with Crippen LogP contribution in [-0.4, -0.2) is 5.66 Å². The fourth-order valence-electron chi connectivity index (χ4n) is 6.14. The van der Waals surface area contributed by atoms with Gasteiger partial charge >= 0.3 is 0 Å². The predicted molar refractivity (Wildman–Crippen MR) is 178 cm³/mol. The van der Waals surface area contributed by atoms with E-state index in [0.717, 1.165) is 5.66 Å². The van der Waals surface area contributed by atoms with Gasteiger partial charge in [-0.05, 0) is 103 Å². The van der Waals surface area contributed by atoms with Crippen molar-refractivity contribution in [3.05, 3.63) is 139 Å². The summed E-state index contributed by atoms with van der Waals surface area (Å²) in [7, 11) is -1.05. The monoisotopic (exact) mass is 555 g/mol. The van der Waals surface area contributed by atoms with Gasteiger partial charge in [0.1, 0.15) is 0 Å². The van der Waals surface area contributed by atoms with Crippen molar-refractivity contribution in [1.82, 2.24) is 0 Å². The van der Waals surface area contributed by atoms with Gasteiger partial charge in [0.15, 0.2) is 0 Å². The number of benzene rings is 5. The molecule has 1 aliphatic carbocycles. The van der Waals surface area contributed by atoms with E-state index in [1.165, 1.54) is 76.1 Å². The fraction of sp³-hybridized carbons (Fsp3) is 0.211. The Morgan fingerprint density at radius 3 is 1.90 bits per heavy atom. The summed E-state index contributed by atoms with van der Waals surface area (Å²) in [6.07, 6.45) is 6.76. The minimum absolute atomic E-state index is 0.482. The van der Waals surface area contributed by atoms with E-state index in [2.05, 4.69) is 141 Å². The number of hydrogen-bond donors (Lipinski definition) is 0. The Kier molecular flexibility index (Phi) is 8.58. The second-order valence-corrected chi connectivity index (χ2v) is 16.9. The van der Waals surface area contributed by atoms with Crippen LogP contribution >= 0.6 is 15.2 Å². The Morgan fingerprint density at radius 2 is 1.20 bits per heavy atom. The Morgan fingerprint density at radius 1 is 0.575 bits per heavy atom. The van der Waals surface area contributed by atoms with Crippen LogP contribution in [0.5, 0.6) is 0 Å². The minimum atomic E-state index is -0.572. The van der Waals surface area contributed by atoms with Crippen molar-refractivity contribution in [2.75, 3.05) is 0 Å². The van der Waals surface area contributed by atoms with E-state index in [1.807, 2.05) is 0 Å². The molecule has 0 aromatic heterocycles. The fourth-order valence-corrected chi connectivity index (χ4v) is 15.5. The molecule has 0 bridgehead atoms. The molecule has 1 aliphatic rings. The van der Waals surface area contributed by atoms with E-state index >= 15 is 0 Å². The van der Waals surface area contributed by atoms with Crippen molar-refractivity contribution >= 4 is 31.1 Å². The third-order valence-corrected chi connectivity index (χ3v) is 16.6. The highest BCUT2D eigenvalue weighted by molar-refractivity contribution is 8.39. The third kappa shape index (κ3) is 5.72. The number of aryl methyl sites for hydroxylation is 2. The molecule has 1 fully saturated rings. The van der Waals surface area contributed by atoms with E-state index in [0.29, 0.717) is 0 Å². The van der Waals surface area contributed by atoms with Gasteiger partial charge in [0.05, 0.1) is 0 Å². The molecule has 1 radical (unpaired) electrons. The van der Waals surface area contributed by atoms with Gasteiger partial charge in [0.25, 0.3) is 0 Å². The summed E-state index contributed by atoms with van der Waals surface area (Å²) in [4.78, 5) is 0. The molecule has 2 atom stereocenters. The van der Waals surface area contributed by atoms with Crippen molar-refractivity contribution in [2.45, 2.75) is 51.6 Å². The molecule has 2 heteroatoms. The first-order chi connectivity index (χ1) is 19.7. The van der Waals surface area contributed by atoms with Gasteiger partial charge < -0.3 is 0 Å². The first-order valence-electron chi connectivity index (χ1n) is 14.6. The average molecular weight is 556 g/mol. The Bertz CT molecular complexity index is 1530. The second-order valence-electron chi connectivity index (χ2n) is 10.9. The number of rotatable bonds is 7. The highest BCUT2D eigenvalue weighted by Gasteiger charge is 2.35. The minimum Gasteiger partial charge on any atom is -0.0622 e. The molecule has 5 aromatic carbocycles. The molecule has 0 saturated heterocycles. The van der Waals surface area contributed by atoms with Crippen LogP contribution in [-0.2, 0) is 0 Å². The molecule has 6 rings (SSSR count). The normalized spacial score (nSPS) is 15.4. The Hall–Kier alpha value is -3.04. The molecule has 5 aromatic rings. The van der Waals surface area contributed by atoms with Crippen molar-refractivity contribution in [1.29, 1.82) is 0 Å². The maximum Gasteiger partial charge on any atom is -0.00649 e. The highest BCUT2D eigenvalue weighted by Crippen LogP contribution is 2.72. The Balaban J connectivity index is 1.55. The lowest BCUT2D eigenvalue weighted by Crippen LogP contribution is -2.24. The summed E-state index contributed by atoms with van der Waals surface area (Å²) in [5, 5.41) is 4.58. The first kappa shape index (κ1) is 27.1. The second kappa shape index (κ2) is 12.6. The lowest BCUT2D eigenvalue weighted by molar-refractivity contribution is 0.514. The van der Waals surface area contributed by atoms with Gasteiger partial charge in [-0.15, -0.1) is 0 Å². The summed E-state index contributed by atoms with van der Waals surface area (Å²) < 4.78 is 0. The third-order valence-electron chi connectivity index (χ3n) is 8.17. The van der Waals surface area contributed by atoms with Crippen LogP contribution < -0.4 is 15.9 Å². The molecule has 0 amide bonds. The van der Waals surface area contributed by atoms with Crippen LogP contribution in [0.25, 0.3) is 22.3 Å². The maximum atomic E-state index is 3.65. The summed E-state index contributed by atoms with van der Waals surface area (Å²) in [6.45, 7) is 4.54. The van der Waals surface area contributed by atoms with Crippen LogP contribution in [0.2, 0.25) is 0 Å². The van der Waals surface area contributed by atoms with Gasteiger partial charge in [0, 0.05) is 0 Å². The van der Waals surface area contributed by atoms with Gasteiger partial charge in [-0.1, -0.05) is 141 Å². The molecule has 0 unspecified atom stereocenters. The molecule has 0 N–H and O–H groups in total. The SMILES string of the molecule is Cc1ccc[c]c1-c1c(C)cccc1[P@](C1CCCCC1)[P@](c1ccccc1)c1ccc(-c2ccccc2)cc1. The van der Waals surface area contributed by atoms with Crippen LogP contribution in [0.4, 0.5) is 0 Å². The lowest BCUT2D eigenvalue weighted by Gasteiger charge is -2.39. The van der Waals surface area contributed by atoms with Crippen LogP contribution in [0.1, 0.15) is 43.2 Å². The summed E-state index contributed by atoms with van der Waals surface area (Å²) in [5.74, 6) is 0. The van der Waals surface area contributed by atoms with Crippen LogP contribution in [0.3, 0.4) is 0 Å². The molecule has 0 aliphatic heterocycles. The zero-order chi connectivity index (χ0) is 27.3. The first-order valence-corrected chi connectivity index (χ1v) is 18.0. The van der Waals surface area contributed by atoms with Gasteiger partial charge in [-0.2, -0.15) is 0 Å². The molecule has 199 valence electrons. The van der Waals surface area contributed by atoms with E-state index in [-0.39, 0.29) is 0 Å². The molecular formula is C38H37P2. The van der Waals surface area contributed by atoms with Crippen molar-refractivity contribution in [2.24, 2.45) is 0 Å².